The second-order valence-corrected chi connectivity index (χ2v) is 7.52. The first-order chi connectivity index (χ1) is 14.7. The van der Waals surface area contributed by atoms with Crippen LogP contribution in [0.3, 0.4) is 0 Å². The fourth-order valence-corrected chi connectivity index (χ4v) is 4.24. The second-order valence-electron chi connectivity index (χ2n) is 6.58. The average Bonchev–Trinajstić information content (AvgIpc) is 3.26. The number of ether oxygens (including phenoxy) is 1. The second kappa shape index (κ2) is 9.00. The summed E-state index contributed by atoms with van der Waals surface area (Å²) in [5.74, 6) is 0.995. The van der Waals surface area contributed by atoms with E-state index in [-0.39, 0.29) is 11.7 Å². The molecule has 1 amide bonds. The fourth-order valence-electron chi connectivity index (χ4n) is 3.45. The van der Waals surface area contributed by atoms with Crippen LogP contribution in [0, 0.1) is 0 Å². The Morgan fingerprint density at radius 3 is 2.67 bits per heavy atom. The van der Waals surface area contributed by atoms with Gasteiger partial charge in [-0.15, -0.1) is 10.2 Å². The van der Waals surface area contributed by atoms with Crippen LogP contribution in [0.25, 0.3) is 16.5 Å². The van der Waals surface area contributed by atoms with E-state index >= 15 is 0 Å². The van der Waals surface area contributed by atoms with E-state index in [1.54, 1.807) is 13.4 Å². The lowest BCUT2D eigenvalue weighted by atomic mass is 10.1. The summed E-state index contributed by atoms with van der Waals surface area (Å²) in [5, 5.41) is 11.0. The van der Waals surface area contributed by atoms with E-state index in [9.17, 15) is 4.79 Å². The normalized spacial score (nSPS) is 10.9. The van der Waals surface area contributed by atoms with Crippen LogP contribution in [-0.4, -0.2) is 40.1 Å². The predicted octanol–water partition coefficient (Wildman–Crippen LogP) is 4.57. The smallest absolute Gasteiger partial charge is 0.237 e. The van der Waals surface area contributed by atoms with Gasteiger partial charge in [-0.05, 0) is 30.5 Å². The third kappa shape index (κ3) is 3.89. The number of carbonyl (C=O) groups is 1. The number of methoxy groups -OCH3 is 1. The lowest BCUT2D eigenvalue weighted by Crippen LogP contribution is -2.32. The number of para-hydroxylation sites is 2. The molecule has 4 rings (SSSR count). The van der Waals surface area contributed by atoms with Gasteiger partial charge in [0.1, 0.15) is 12.1 Å². The minimum absolute atomic E-state index is 0.0217. The van der Waals surface area contributed by atoms with Crippen LogP contribution in [0.1, 0.15) is 6.92 Å². The van der Waals surface area contributed by atoms with Gasteiger partial charge in [-0.1, -0.05) is 60.3 Å². The molecular weight excluding hydrogens is 396 g/mol. The maximum atomic E-state index is 13.1. The van der Waals surface area contributed by atoms with Gasteiger partial charge in [-0.3, -0.25) is 9.36 Å². The van der Waals surface area contributed by atoms with Gasteiger partial charge in [0.25, 0.3) is 0 Å². The Morgan fingerprint density at radius 2 is 1.83 bits per heavy atom. The van der Waals surface area contributed by atoms with Gasteiger partial charge in [0.05, 0.1) is 24.2 Å². The summed E-state index contributed by atoms with van der Waals surface area (Å²) in [6.07, 6.45) is 1.63. The molecule has 152 valence electrons. The summed E-state index contributed by atoms with van der Waals surface area (Å²) >= 11 is 1.36. The van der Waals surface area contributed by atoms with Crippen LogP contribution in [0.2, 0.25) is 0 Å². The van der Waals surface area contributed by atoms with Crippen LogP contribution in [0.15, 0.2) is 78.2 Å². The monoisotopic (exact) mass is 418 g/mol. The summed E-state index contributed by atoms with van der Waals surface area (Å²) in [4.78, 5) is 14.9. The quantitative estimate of drug-likeness (QED) is 0.411. The van der Waals surface area contributed by atoms with Gasteiger partial charge in [0, 0.05) is 11.9 Å². The molecule has 30 heavy (non-hydrogen) atoms. The number of hydrogen-bond acceptors (Lipinski definition) is 5. The third-order valence-corrected chi connectivity index (χ3v) is 5.79. The van der Waals surface area contributed by atoms with E-state index < -0.39 is 0 Å². The van der Waals surface area contributed by atoms with Crippen LogP contribution in [0.5, 0.6) is 5.75 Å². The standard InChI is InChI=1S/C23H22N4O2S/c1-3-26(19-13-8-10-17-9-4-5-11-18(17)19)22(28)15-30-23-25-24-16-27(23)20-12-6-7-14-21(20)29-2/h4-14,16H,3,15H2,1-2H3. The molecule has 0 aliphatic carbocycles. The Bertz CT molecular complexity index is 1170. The largest absolute Gasteiger partial charge is 0.495 e. The van der Waals surface area contributed by atoms with Gasteiger partial charge in [-0.25, -0.2) is 0 Å². The maximum absolute atomic E-state index is 13.1. The highest BCUT2D eigenvalue weighted by molar-refractivity contribution is 7.99. The summed E-state index contributed by atoms with van der Waals surface area (Å²) < 4.78 is 7.28. The van der Waals surface area contributed by atoms with Crippen molar-refractivity contribution >= 4 is 34.1 Å². The minimum Gasteiger partial charge on any atom is -0.495 e. The molecule has 0 N–H and O–H groups in total. The number of nitrogens with zero attached hydrogens (tertiary/aromatic N) is 4. The van der Waals surface area contributed by atoms with E-state index in [4.69, 9.17) is 4.74 Å². The van der Waals surface area contributed by atoms with Crippen LogP contribution < -0.4 is 9.64 Å². The van der Waals surface area contributed by atoms with Crippen LogP contribution in [-0.2, 0) is 4.79 Å². The first-order valence-electron chi connectivity index (χ1n) is 9.67. The van der Waals surface area contributed by atoms with Crippen molar-refractivity contribution in [2.45, 2.75) is 12.1 Å². The Hall–Kier alpha value is -3.32. The number of fused-ring (bicyclic) bond motifs is 1. The molecule has 0 saturated carbocycles. The molecule has 0 aliphatic rings. The van der Waals surface area contributed by atoms with E-state index in [0.717, 1.165) is 27.9 Å². The molecule has 0 atom stereocenters. The summed E-state index contributed by atoms with van der Waals surface area (Å²) in [7, 11) is 1.63. The predicted molar refractivity (Wildman–Crippen MR) is 121 cm³/mol. The molecule has 0 radical (unpaired) electrons. The summed E-state index contributed by atoms with van der Waals surface area (Å²) in [5.41, 5.74) is 1.76. The van der Waals surface area contributed by atoms with Crippen LogP contribution >= 0.6 is 11.8 Å². The fraction of sp³-hybridized carbons (Fsp3) is 0.174. The van der Waals surface area contributed by atoms with Gasteiger partial charge >= 0.3 is 0 Å². The van der Waals surface area contributed by atoms with E-state index in [1.165, 1.54) is 11.8 Å². The number of carbonyl (C=O) groups excluding carboxylic acids is 1. The van der Waals surface area contributed by atoms with Crippen molar-refractivity contribution in [1.29, 1.82) is 0 Å². The molecule has 0 bridgehead atoms. The zero-order valence-corrected chi connectivity index (χ0v) is 17.7. The highest BCUT2D eigenvalue weighted by Gasteiger charge is 2.19. The lowest BCUT2D eigenvalue weighted by Gasteiger charge is -2.22. The number of aromatic nitrogens is 3. The molecule has 3 aromatic carbocycles. The SMILES string of the molecule is CCN(C(=O)CSc1nncn1-c1ccccc1OC)c1cccc2ccccc12. The molecule has 0 fully saturated rings. The average molecular weight is 419 g/mol. The number of hydrogen-bond donors (Lipinski definition) is 0. The highest BCUT2D eigenvalue weighted by atomic mass is 32.2. The Kier molecular flexibility index (Phi) is 5.99. The molecule has 0 aliphatic heterocycles. The van der Waals surface area contributed by atoms with Gasteiger partial charge in [0.15, 0.2) is 5.16 Å². The lowest BCUT2D eigenvalue weighted by molar-refractivity contribution is -0.116. The number of rotatable bonds is 7. The Morgan fingerprint density at radius 1 is 1.07 bits per heavy atom. The van der Waals surface area contributed by atoms with Crippen molar-refractivity contribution in [3.05, 3.63) is 73.1 Å². The molecule has 0 saturated heterocycles. The van der Waals surface area contributed by atoms with E-state index in [1.807, 2.05) is 71.0 Å². The third-order valence-electron chi connectivity index (χ3n) is 4.86. The first kappa shape index (κ1) is 20.0. The van der Waals surface area contributed by atoms with Crippen molar-refractivity contribution < 1.29 is 9.53 Å². The van der Waals surface area contributed by atoms with Crippen molar-refractivity contribution in [3.63, 3.8) is 0 Å². The highest BCUT2D eigenvalue weighted by Crippen LogP contribution is 2.29. The molecule has 6 nitrogen and oxygen atoms in total. The molecule has 0 unspecified atom stereocenters. The van der Waals surface area contributed by atoms with Crippen molar-refractivity contribution in [2.75, 3.05) is 24.3 Å². The zero-order chi connectivity index (χ0) is 20.9. The minimum atomic E-state index is 0.0217. The summed E-state index contributed by atoms with van der Waals surface area (Å²) in [6.45, 7) is 2.58. The number of benzene rings is 3. The van der Waals surface area contributed by atoms with Crippen molar-refractivity contribution in [3.8, 4) is 11.4 Å². The van der Waals surface area contributed by atoms with Crippen molar-refractivity contribution in [1.82, 2.24) is 14.8 Å². The number of anilines is 1. The zero-order valence-electron chi connectivity index (χ0n) is 16.9. The first-order valence-corrected chi connectivity index (χ1v) is 10.7. The molecule has 1 heterocycles. The Labute approximate surface area is 179 Å². The van der Waals surface area contributed by atoms with Gasteiger partial charge < -0.3 is 9.64 Å². The molecule has 7 heteroatoms. The van der Waals surface area contributed by atoms with Gasteiger partial charge in [-0.2, -0.15) is 0 Å². The maximum Gasteiger partial charge on any atom is 0.237 e. The molecule has 1 aromatic heterocycles. The number of thioether (sulfide) groups is 1. The van der Waals surface area contributed by atoms with Crippen molar-refractivity contribution in [2.24, 2.45) is 0 Å². The topological polar surface area (TPSA) is 60.2 Å². The molecular formula is C23H22N4O2S. The Balaban J connectivity index is 1.56. The number of amides is 1. The molecule has 0 spiro atoms. The van der Waals surface area contributed by atoms with E-state index in [0.29, 0.717) is 11.7 Å². The molecule has 4 aromatic rings. The van der Waals surface area contributed by atoms with Gasteiger partial charge in [0.2, 0.25) is 5.91 Å². The summed E-state index contributed by atoms with van der Waals surface area (Å²) in [6, 6.07) is 21.8. The van der Waals surface area contributed by atoms with E-state index in [2.05, 4.69) is 22.3 Å². The van der Waals surface area contributed by atoms with Crippen LogP contribution in [0.4, 0.5) is 5.69 Å².